The van der Waals surface area contributed by atoms with Gasteiger partial charge in [-0.2, -0.15) is 0 Å². The van der Waals surface area contributed by atoms with Crippen LogP contribution in [0.1, 0.15) is 44.9 Å². The van der Waals surface area contributed by atoms with E-state index in [1.54, 1.807) is 12.1 Å². The maximum atomic E-state index is 12.0. The Morgan fingerprint density at radius 1 is 1.12 bits per heavy atom. The zero-order valence-electron chi connectivity index (χ0n) is 15.2. The van der Waals surface area contributed by atoms with Crippen molar-refractivity contribution >= 4 is 29.9 Å². The fraction of sp³-hybridized carbons (Fsp3) is 0.579. The molecule has 3 N–H and O–H groups in total. The number of ether oxygens (including phenoxy) is 1. The number of nitrogens with zero attached hydrogens (tertiary/aromatic N) is 1. The molecular weight excluding hydrogens is 354 g/mol. The lowest BCUT2D eigenvalue weighted by atomic mass is 10.1. The number of likely N-dealkylation sites (tertiary alicyclic amines) is 1. The van der Waals surface area contributed by atoms with E-state index in [0.29, 0.717) is 24.4 Å². The van der Waals surface area contributed by atoms with Crippen LogP contribution in [0.4, 0.5) is 5.69 Å². The van der Waals surface area contributed by atoms with Gasteiger partial charge in [0.15, 0.2) is 6.61 Å². The second-order valence-electron chi connectivity index (χ2n) is 6.41. The number of anilines is 1. The lowest BCUT2D eigenvalue weighted by molar-refractivity contribution is -0.132. The normalized spacial score (nSPS) is 13.2. The third-order valence-corrected chi connectivity index (χ3v) is 4.30. The number of unbranched alkanes of at least 4 members (excludes halogenated alkanes) is 3. The van der Waals surface area contributed by atoms with Gasteiger partial charge in [0, 0.05) is 31.3 Å². The van der Waals surface area contributed by atoms with Crippen molar-refractivity contribution in [3.63, 3.8) is 0 Å². The van der Waals surface area contributed by atoms with Gasteiger partial charge in [-0.3, -0.25) is 9.59 Å². The van der Waals surface area contributed by atoms with Crippen LogP contribution in [0.2, 0.25) is 0 Å². The Morgan fingerprint density at radius 3 is 2.58 bits per heavy atom. The molecule has 1 saturated heterocycles. The second kappa shape index (κ2) is 12.5. The van der Waals surface area contributed by atoms with E-state index in [9.17, 15) is 9.59 Å². The summed E-state index contributed by atoms with van der Waals surface area (Å²) in [6, 6.07) is 7.18. The molecule has 1 aromatic carbocycles. The smallest absolute Gasteiger partial charge is 0.260 e. The van der Waals surface area contributed by atoms with E-state index in [1.165, 1.54) is 0 Å². The monoisotopic (exact) mass is 383 g/mol. The maximum Gasteiger partial charge on any atom is 0.260 e. The molecule has 0 bridgehead atoms. The number of hydrogen-bond donors (Lipinski definition) is 2. The van der Waals surface area contributed by atoms with Gasteiger partial charge in [-0.15, -0.1) is 12.4 Å². The van der Waals surface area contributed by atoms with Gasteiger partial charge in [0.2, 0.25) is 5.91 Å². The zero-order chi connectivity index (χ0) is 17.9. The van der Waals surface area contributed by atoms with Crippen LogP contribution >= 0.6 is 12.4 Å². The quantitative estimate of drug-likeness (QED) is 0.608. The van der Waals surface area contributed by atoms with Crippen LogP contribution in [-0.4, -0.2) is 43.0 Å². The average Bonchev–Trinajstić information content (AvgIpc) is 3.14. The van der Waals surface area contributed by atoms with E-state index >= 15 is 0 Å². The number of rotatable bonds is 10. The van der Waals surface area contributed by atoms with Crippen molar-refractivity contribution in [2.75, 3.05) is 31.6 Å². The molecule has 1 heterocycles. The molecule has 0 radical (unpaired) electrons. The fourth-order valence-electron chi connectivity index (χ4n) is 2.87. The Labute approximate surface area is 161 Å². The molecule has 1 fully saturated rings. The third kappa shape index (κ3) is 8.06. The Balaban J connectivity index is 0.00000338. The number of nitrogens with one attached hydrogen (secondary N) is 1. The van der Waals surface area contributed by atoms with Gasteiger partial charge in [-0.05, 0) is 44.4 Å². The minimum absolute atomic E-state index is 0. The minimum atomic E-state index is -0.00181. The summed E-state index contributed by atoms with van der Waals surface area (Å²) in [5.74, 6) is 0.607. The Morgan fingerprint density at radius 2 is 1.85 bits per heavy atom. The van der Waals surface area contributed by atoms with Crippen LogP contribution in [0.3, 0.4) is 0 Å². The number of hydrogen-bond acceptors (Lipinski definition) is 4. The molecule has 2 rings (SSSR count). The molecule has 1 aromatic rings. The summed E-state index contributed by atoms with van der Waals surface area (Å²) in [4.78, 5) is 25.8. The van der Waals surface area contributed by atoms with E-state index < -0.39 is 0 Å². The summed E-state index contributed by atoms with van der Waals surface area (Å²) in [7, 11) is 0. The van der Waals surface area contributed by atoms with Gasteiger partial charge in [-0.1, -0.05) is 18.9 Å². The van der Waals surface area contributed by atoms with Crippen molar-refractivity contribution in [2.45, 2.75) is 44.9 Å². The van der Waals surface area contributed by atoms with E-state index in [1.807, 2.05) is 17.0 Å². The summed E-state index contributed by atoms with van der Waals surface area (Å²) < 4.78 is 5.57. The number of amides is 2. The van der Waals surface area contributed by atoms with Crippen LogP contribution in [0.15, 0.2) is 24.3 Å². The largest absolute Gasteiger partial charge is 0.484 e. The molecule has 1 aliphatic rings. The first-order valence-corrected chi connectivity index (χ1v) is 9.19. The SMILES string of the molecule is Cl.NCCCCCCC(=O)Nc1cccc(OCC(=O)N2CCCC2)c1. The molecule has 2 amide bonds. The third-order valence-electron chi connectivity index (χ3n) is 4.30. The summed E-state index contributed by atoms with van der Waals surface area (Å²) >= 11 is 0. The maximum absolute atomic E-state index is 12.0. The molecule has 0 aromatic heterocycles. The van der Waals surface area contributed by atoms with Crippen molar-refractivity contribution in [1.82, 2.24) is 4.90 Å². The predicted molar refractivity (Wildman–Crippen MR) is 106 cm³/mol. The molecule has 146 valence electrons. The van der Waals surface area contributed by atoms with Crippen LogP contribution < -0.4 is 15.8 Å². The predicted octanol–water partition coefficient (Wildman–Crippen LogP) is 2.96. The number of carbonyl (C=O) groups excluding carboxylic acids is 2. The molecule has 0 saturated carbocycles. The van der Waals surface area contributed by atoms with Gasteiger partial charge >= 0.3 is 0 Å². The van der Waals surface area contributed by atoms with Crippen LogP contribution in [0.5, 0.6) is 5.75 Å². The summed E-state index contributed by atoms with van der Waals surface area (Å²) in [6.07, 6.45) is 6.61. The molecule has 0 atom stereocenters. The lowest BCUT2D eigenvalue weighted by Crippen LogP contribution is -2.32. The topological polar surface area (TPSA) is 84.7 Å². The van der Waals surface area contributed by atoms with Gasteiger partial charge in [0.25, 0.3) is 5.91 Å². The average molecular weight is 384 g/mol. The van der Waals surface area contributed by atoms with E-state index in [4.69, 9.17) is 10.5 Å². The Kier molecular flexibility index (Phi) is 10.7. The highest BCUT2D eigenvalue weighted by Gasteiger charge is 2.18. The minimum Gasteiger partial charge on any atom is -0.484 e. The highest BCUT2D eigenvalue weighted by atomic mass is 35.5. The summed E-state index contributed by atoms with van der Waals surface area (Å²) in [5, 5.41) is 2.88. The first kappa shape index (κ1) is 22.3. The number of benzene rings is 1. The summed E-state index contributed by atoms with van der Waals surface area (Å²) in [6.45, 7) is 2.39. The summed E-state index contributed by atoms with van der Waals surface area (Å²) in [5.41, 5.74) is 6.14. The Bertz CT molecular complexity index is 563. The first-order chi connectivity index (χ1) is 12.2. The molecule has 26 heavy (non-hydrogen) atoms. The molecule has 1 aliphatic heterocycles. The van der Waals surface area contributed by atoms with Crippen molar-refractivity contribution in [1.29, 1.82) is 0 Å². The number of nitrogens with two attached hydrogens (primary N) is 1. The van der Waals surface area contributed by atoms with Crippen molar-refractivity contribution < 1.29 is 14.3 Å². The lowest BCUT2D eigenvalue weighted by Gasteiger charge is -2.15. The standard InChI is InChI=1S/C19H29N3O3.ClH/c20-11-4-2-1-3-10-18(23)21-16-8-7-9-17(14-16)25-15-19(24)22-12-5-6-13-22;/h7-9,14H,1-6,10-13,15,20H2,(H,21,23);1H. The van der Waals surface area contributed by atoms with Crippen LogP contribution in [0, 0.1) is 0 Å². The molecule has 0 spiro atoms. The van der Waals surface area contributed by atoms with Crippen LogP contribution in [-0.2, 0) is 9.59 Å². The fourth-order valence-corrected chi connectivity index (χ4v) is 2.87. The van der Waals surface area contributed by atoms with Crippen molar-refractivity contribution in [2.24, 2.45) is 5.73 Å². The Hall–Kier alpha value is -1.79. The highest BCUT2D eigenvalue weighted by Crippen LogP contribution is 2.18. The zero-order valence-corrected chi connectivity index (χ0v) is 16.1. The number of carbonyl (C=O) groups is 2. The van der Waals surface area contributed by atoms with E-state index in [-0.39, 0.29) is 30.8 Å². The van der Waals surface area contributed by atoms with E-state index in [0.717, 1.165) is 51.6 Å². The molecule has 6 nitrogen and oxygen atoms in total. The second-order valence-corrected chi connectivity index (χ2v) is 6.41. The van der Waals surface area contributed by atoms with E-state index in [2.05, 4.69) is 5.32 Å². The van der Waals surface area contributed by atoms with Gasteiger partial charge in [-0.25, -0.2) is 0 Å². The van der Waals surface area contributed by atoms with Crippen molar-refractivity contribution in [3.05, 3.63) is 24.3 Å². The van der Waals surface area contributed by atoms with Gasteiger partial charge in [0.05, 0.1) is 0 Å². The first-order valence-electron chi connectivity index (χ1n) is 9.19. The van der Waals surface area contributed by atoms with Crippen molar-refractivity contribution in [3.8, 4) is 5.75 Å². The van der Waals surface area contributed by atoms with Gasteiger partial charge in [0.1, 0.15) is 5.75 Å². The molecule has 0 aliphatic carbocycles. The number of halogens is 1. The highest BCUT2D eigenvalue weighted by molar-refractivity contribution is 5.90. The van der Waals surface area contributed by atoms with Gasteiger partial charge < -0.3 is 20.7 Å². The molecular formula is C19H30ClN3O3. The molecule has 0 unspecified atom stereocenters. The molecule has 7 heteroatoms. The van der Waals surface area contributed by atoms with Crippen LogP contribution in [0.25, 0.3) is 0 Å².